The average molecular weight is 346 g/mol. The van der Waals surface area contributed by atoms with Crippen molar-refractivity contribution >= 4 is 15.9 Å². The van der Waals surface area contributed by atoms with Crippen molar-refractivity contribution in [1.82, 2.24) is 10.4 Å². The van der Waals surface area contributed by atoms with Gasteiger partial charge < -0.3 is 0 Å². The Labute approximate surface area is 122 Å². The summed E-state index contributed by atoms with van der Waals surface area (Å²) in [6.45, 7) is 0. The molecular weight excluding hydrogens is 335 g/mol. The van der Waals surface area contributed by atoms with Crippen LogP contribution in [0.4, 0.5) is 13.2 Å². The highest BCUT2D eigenvalue weighted by Crippen LogP contribution is 2.26. The molecule has 0 fully saturated rings. The van der Waals surface area contributed by atoms with Crippen LogP contribution in [0.25, 0.3) is 0 Å². The number of rotatable bonds is 4. The lowest BCUT2D eigenvalue weighted by atomic mass is 10.00. The highest BCUT2D eigenvalue weighted by atomic mass is 79.9. The van der Waals surface area contributed by atoms with E-state index in [2.05, 4.69) is 26.3 Å². The predicted octanol–water partition coefficient (Wildman–Crippen LogP) is 3.01. The summed E-state index contributed by atoms with van der Waals surface area (Å²) in [5.41, 5.74) is 2.69. The molecule has 0 saturated heterocycles. The van der Waals surface area contributed by atoms with E-state index < -0.39 is 23.5 Å². The third-order valence-corrected chi connectivity index (χ3v) is 3.49. The summed E-state index contributed by atoms with van der Waals surface area (Å²) in [4.78, 5) is 3.69. The first-order chi connectivity index (χ1) is 9.52. The number of hydrazine groups is 1. The van der Waals surface area contributed by atoms with Crippen LogP contribution in [0.2, 0.25) is 0 Å². The Morgan fingerprint density at radius 3 is 2.65 bits per heavy atom. The monoisotopic (exact) mass is 345 g/mol. The number of nitrogens with one attached hydrogen (secondary N) is 1. The van der Waals surface area contributed by atoms with Gasteiger partial charge in [-0.1, -0.05) is 0 Å². The molecule has 0 aliphatic carbocycles. The molecule has 1 aromatic carbocycles. The summed E-state index contributed by atoms with van der Waals surface area (Å²) in [5.74, 6) is 3.46. The second-order valence-corrected chi connectivity index (χ2v) is 5.04. The van der Waals surface area contributed by atoms with Crippen molar-refractivity contribution < 1.29 is 13.2 Å². The number of pyridine rings is 1. The lowest BCUT2D eigenvalue weighted by Gasteiger charge is -2.17. The van der Waals surface area contributed by atoms with Gasteiger partial charge >= 0.3 is 0 Å². The van der Waals surface area contributed by atoms with E-state index in [-0.39, 0.29) is 16.5 Å². The fourth-order valence-corrected chi connectivity index (χ4v) is 2.22. The first-order valence-corrected chi connectivity index (χ1v) is 6.51. The zero-order chi connectivity index (χ0) is 14.7. The normalized spacial score (nSPS) is 12.4. The molecule has 0 saturated carbocycles. The van der Waals surface area contributed by atoms with Gasteiger partial charge in [-0.3, -0.25) is 16.3 Å². The highest BCUT2D eigenvalue weighted by Gasteiger charge is 2.19. The smallest absolute Gasteiger partial charge is 0.143 e. The van der Waals surface area contributed by atoms with E-state index in [0.717, 1.165) is 12.3 Å². The Morgan fingerprint density at radius 1 is 1.25 bits per heavy atom. The van der Waals surface area contributed by atoms with E-state index in [9.17, 15) is 13.2 Å². The van der Waals surface area contributed by atoms with Crippen LogP contribution < -0.4 is 11.3 Å². The van der Waals surface area contributed by atoms with Gasteiger partial charge in [-0.2, -0.15) is 0 Å². The summed E-state index contributed by atoms with van der Waals surface area (Å²) in [6.07, 6.45) is 2.36. The zero-order valence-corrected chi connectivity index (χ0v) is 11.8. The van der Waals surface area contributed by atoms with Gasteiger partial charge in [-0.15, -0.1) is 0 Å². The molecule has 0 bridgehead atoms. The van der Waals surface area contributed by atoms with Crippen LogP contribution >= 0.6 is 15.9 Å². The van der Waals surface area contributed by atoms with Gasteiger partial charge in [0.1, 0.15) is 17.5 Å². The van der Waals surface area contributed by atoms with Crippen molar-refractivity contribution in [1.29, 1.82) is 0 Å². The maximum Gasteiger partial charge on any atom is 0.143 e. The van der Waals surface area contributed by atoms with Crippen molar-refractivity contribution in [3.8, 4) is 0 Å². The SMILES string of the molecule is NNC(Cc1c(F)ccc(Br)c1F)c1cncc(F)c1. The van der Waals surface area contributed by atoms with E-state index in [4.69, 9.17) is 5.84 Å². The van der Waals surface area contributed by atoms with Crippen molar-refractivity contribution in [2.45, 2.75) is 12.5 Å². The second kappa shape index (κ2) is 6.34. The minimum atomic E-state index is -0.699. The van der Waals surface area contributed by atoms with Gasteiger partial charge in [0.05, 0.1) is 16.7 Å². The van der Waals surface area contributed by atoms with Crippen molar-refractivity contribution in [2.75, 3.05) is 0 Å². The predicted molar refractivity (Wildman–Crippen MR) is 72.0 cm³/mol. The van der Waals surface area contributed by atoms with Crippen LogP contribution in [-0.4, -0.2) is 4.98 Å². The van der Waals surface area contributed by atoms with Gasteiger partial charge in [-0.25, -0.2) is 13.2 Å². The van der Waals surface area contributed by atoms with Crippen molar-refractivity contribution in [2.24, 2.45) is 5.84 Å². The Hall–Kier alpha value is -1.44. The average Bonchev–Trinajstić information content (AvgIpc) is 2.43. The molecule has 0 aliphatic heterocycles. The molecule has 0 amide bonds. The van der Waals surface area contributed by atoms with E-state index in [0.29, 0.717) is 5.56 Å². The summed E-state index contributed by atoms with van der Waals surface area (Å²) >= 11 is 2.99. The quantitative estimate of drug-likeness (QED) is 0.508. The number of halogens is 4. The first-order valence-electron chi connectivity index (χ1n) is 5.72. The molecule has 7 heteroatoms. The van der Waals surface area contributed by atoms with Crippen LogP contribution in [0, 0.1) is 17.5 Å². The standard InChI is InChI=1S/C13H11BrF3N3/c14-10-1-2-11(16)9(13(10)17)4-12(20-18)7-3-8(15)6-19-5-7/h1-3,5-6,12,20H,4,18H2. The highest BCUT2D eigenvalue weighted by molar-refractivity contribution is 9.10. The molecule has 2 aromatic rings. The van der Waals surface area contributed by atoms with E-state index >= 15 is 0 Å². The number of nitrogens with zero attached hydrogens (tertiary/aromatic N) is 1. The summed E-state index contributed by atoms with van der Waals surface area (Å²) in [5, 5.41) is 0. The third-order valence-electron chi connectivity index (χ3n) is 2.88. The van der Waals surface area contributed by atoms with Crippen LogP contribution in [0.5, 0.6) is 0 Å². The van der Waals surface area contributed by atoms with E-state index in [1.165, 1.54) is 18.3 Å². The maximum atomic E-state index is 13.9. The van der Waals surface area contributed by atoms with Crippen LogP contribution in [0.3, 0.4) is 0 Å². The Morgan fingerprint density at radius 2 is 2.00 bits per heavy atom. The summed E-state index contributed by atoms with van der Waals surface area (Å²) in [6, 6.07) is 2.99. The molecule has 0 radical (unpaired) electrons. The van der Waals surface area contributed by atoms with E-state index in [1.54, 1.807) is 0 Å². The minimum absolute atomic E-state index is 0.0707. The Bertz CT molecular complexity index is 622. The molecule has 0 aliphatic rings. The summed E-state index contributed by atoms with van der Waals surface area (Å²) < 4.78 is 40.9. The van der Waals surface area contributed by atoms with Crippen LogP contribution in [0.1, 0.15) is 17.2 Å². The lowest BCUT2D eigenvalue weighted by molar-refractivity contribution is 0.494. The third kappa shape index (κ3) is 3.17. The van der Waals surface area contributed by atoms with Crippen LogP contribution in [0.15, 0.2) is 35.1 Å². The van der Waals surface area contributed by atoms with Gasteiger partial charge in [-0.05, 0) is 46.1 Å². The summed E-state index contributed by atoms with van der Waals surface area (Å²) in [7, 11) is 0. The van der Waals surface area contributed by atoms with Crippen molar-refractivity contribution in [3.05, 3.63) is 63.6 Å². The largest absolute Gasteiger partial charge is 0.271 e. The molecule has 1 unspecified atom stereocenters. The van der Waals surface area contributed by atoms with Crippen LogP contribution in [-0.2, 0) is 6.42 Å². The van der Waals surface area contributed by atoms with Gasteiger partial charge in [0.15, 0.2) is 0 Å². The molecular formula is C13H11BrF3N3. The van der Waals surface area contributed by atoms with Gasteiger partial charge in [0.25, 0.3) is 0 Å². The molecule has 106 valence electrons. The minimum Gasteiger partial charge on any atom is -0.271 e. The number of hydrogen-bond donors (Lipinski definition) is 2. The molecule has 3 nitrogen and oxygen atoms in total. The molecule has 1 atom stereocenters. The topological polar surface area (TPSA) is 50.9 Å². The molecule has 20 heavy (non-hydrogen) atoms. The molecule has 0 spiro atoms. The second-order valence-electron chi connectivity index (χ2n) is 4.18. The fourth-order valence-electron chi connectivity index (χ4n) is 1.85. The van der Waals surface area contributed by atoms with Gasteiger partial charge in [0.2, 0.25) is 0 Å². The number of hydrogen-bond acceptors (Lipinski definition) is 3. The van der Waals surface area contributed by atoms with E-state index in [1.807, 2.05) is 0 Å². The van der Waals surface area contributed by atoms with Crippen molar-refractivity contribution in [3.63, 3.8) is 0 Å². The molecule has 3 N–H and O–H groups in total. The first kappa shape index (κ1) is 15.0. The zero-order valence-electron chi connectivity index (χ0n) is 10.2. The molecule has 1 aromatic heterocycles. The van der Waals surface area contributed by atoms with Gasteiger partial charge in [0, 0.05) is 11.8 Å². The number of aromatic nitrogens is 1. The Balaban J connectivity index is 2.34. The lowest BCUT2D eigenvalue weighted by Crippen LogP contribution is -2.30. The molecule has 2 rings (SSSR count). The Kier molecular flexibility index (Phi) is 4.74. The maximum absolute atomic E-state index is 13.9. The number of nitrogens with two attached hydrogens (primary N) is 1. The number of benzene rings is 1. The molecule has 1 heterocycles. The fraction of sp³-hybridized carbons (Fsp3) is 0.154.